The molecule has 1 aliphatic heterocycles. The van der Waals surface area contributed by atoms with Crippen molar-refractivity contribution in [2.75, 3.05) is 37.8 Å². The number of morpholine rings is 1. The summed E-state index contributed by atoms with van der Waals surface area (Å²) in [6.07, 6.45) is 0.347. The van der Waals surface area contributed by atoms with Crippen LogP contribution in [-0.4, -0.2) is 49.9 Å². The normalized spacial score (nSPS) is 17.1. The first-order chi connectivity index (χ1) is 9.61. The lowest BCUT2D eigenvalue weighted by Crippen LogP contribution is -2.36. The van der Waals surface area contributed by atoms with Crippen molar-refractivity contribution in [3.63, 3.8) is 0 Å². The summed E-state index contributed by atoms with van der Waals surface area (Å²) in [5.74, 6) is -0.412. The Labute approximate surface area is 126 Å². The first-order valence-corrected chi connectivity index (χ1v) is 7.71. The Hall–Kier alpha value is -0.890. The predicted molar refractivity (Wildman–Crippen MR) is 78.5 cm³/mol. The van der Waals surface area contributed by atoms with Crippen molar-refractivity contribution in [2.24, 2.45) is 5.73 Å². The maximum atomic E-state index is 11.5. The van der Waals surface area contributed by atoms with Gasteiger partial charge in [0.2, 0.25) is 0 Å². The van der Waals surface area contributed by atoms with Crippen LogP contribution in [0, 0.1) is 0 Å². The second kappa shape index (κ2) is 7.21. The molecule has 0 amide bonds. The average Bonchev–Trinajstić information content (AvgIpc) is 2.81. The van der Waals surface area contributed by atoms with E-state index in [0.717, 1.165) is 23.1 Å². The topological polar surface area (TPSA) is 77.7 Å². The fourth-order valence-electron chi connectivity index (χ4n) is 1.87. The van der Waals surface area contributed by atoms with E-state index < -0.39 is 12.0 Å². The van der Waals surface area contributed by atoms with Gasteiger partial charge in [0.15, 0.2) is 5.13 Å². The maximum absolute atomic E-state index is 11.5. The predicted octanol–water partition coefficient (Wildman–Crippen LogP) is 1.07. The highest BCUT2D eigenvalue weighted by Gasteiger charge is 2.22. The molecule has 20 heavy (non-hydrogen) atoms. The molecule has 2 rings (SSSR count). The second-order valence-corrected chi connectivity index (χ2v) is 5.79. The van der Waals surface area contributed by atoms with E-state index in [1.807, 2.05) is 0 Å². The minimum atomic E-state index is -0.703. The lowest BCUT2D eigenvalue weighted by Gasteiger charge is -2.25. The molecule has 1 aromatic heterocycles. The third kappa shape index (κ3) is 3.82. The standard InChI is InChI=1S/C12H18ClN3O3S/c1-2-19-11(17)8(14)7-9-10(13)15-12(20-9)16-3-5-18-6-4-16/h8H,2-7,14H2,1H3. The van der Waals surface area contributed by atoms with Crippen LogP contribution in [0.25, 0.3) is 0 Å². The lowest BCUT2D eigenvalue weighted by molar-refractivity contribution is -0.144. The van der Waals surface area contributed by atoms with Crippen LogP contribution in [0.1, 0.15) is 11.8 Å². The SMILES string of the molecule is CCOC(=O)C(N)Cc1sc(N2CCOCC2)nc1Cl. The third-order valence-electron chi connectivity index (χ3n) is 2.91. The molecule has 0 saturated carbocycles. The van der Waals surface area contributed by atoms with Crippen molar-refractivity contribution >= 4 is 34.0 Å². The molecule has 6 nitrogen and oxygen atoms in total. The summed E-state index contributed by atoms with van der Waals surface area (Å²) in [5, 5.41) is 1.26. The first kappa shape index (κ1) is 15.5. The summed E-state index contributed by atoms with van der Waals surface area (Å²) < 4.78 is 10.2. The number of carbonyl (C=O) groups excluding carboxylic acids is 1. The van der Waals surface area contributed by atoms with E-state index in [4.69, 9.17) is 26.8 Å². The fraction of sp³-hybridized carbons (Fsp3) is 0.667. The Morgan fingerprint density at radius 2 is 2.30 bits per heavy atom. The second-order valence-electron chi connectivity index (χ2n) is 4.37. The molecule has 0 spiro atoms. The molecule has 8 heteroatoms. The molecule has 1 aliphatic rings. The maximum Gasteiger partial charge on any atom is 0.323 e. The number of rotatable bonds is 5. The van der Waals surface area contributed by atoms with Crippen molar-refractivity contribution < 1.29 is 14.3 Å². The van der Waals surface area contributed by atoms with Gasteiger partial charge in [-0.25, -0.2) is 4.98 Å². The molecular formula is C12H18ClN3O3S. The van der Waals surface area contributed by atoms with Gasteiger partial charge in [0, 0.05) is 24.4 Å². The number of ether oxygens (including phenoxy) is 2. The van der Waals surface area contributed by atoms with Gasteiger partial charge in [0.05, 0.1) is 19.8 Å². The monoisotopic (exact) mass is 319 g/mol. The fourth-order valence-corrected chi connectivity index (χ4v) is 3.25. The van der Waals surface area contributed by atoms with Gasteiger partial charge in [0.25, 0.3) is 0 Å². The molecule has 1 aromatic rings. The zero-order chi connectivity index (χ0) is 14.5. The summed E-state index contributed by atoms with van der Waals surface area (Å²) in [6.45, 7) is 5.05. The summed E-state index contributed by atoms with van der Waals surface area (Å²) >= 11 is 7.59. The minimum absolute atomic E-state index is 0.321. The van der Waals surface area contributed by atoms with E-state index in [9.17, 15) is 4.79 Å². The molecule has 1 saturated heterocycles. The van der Waals surface area contributed by atoms with Crippen molar-refractivity contribution in [2.45, 2.75) is 19.4 Å². The van der Waals surface area contributed by atoms with Gasteiger partial charge in [-0.15, -0.1) is 11.3 Å². The molecular weight excluding hydrogens is 302 g/mol. The number of nitrogens with zero attached hydrogens (tertiary/aromatic N) is 2. The smallest absolute Gasteiger partial charge is 0.323 e. The number of carbonyl (C=O) groups is 1. The van der Waals surface area contributed by atoms with Gasteiger partial charge in [-0.05, 0) is 6.92 Å². The van der Waals surface area contributed by atoms with Crippen molar-refractivity contribution in [3.05, 3.63) is 10.0 Å². The highest BCUT2D eigenvalue weighted by Crippen LogP contribution is 2.31. The summed E-state index contributed by atoms with van der Waals surface area (Å²) in [7, 11) is 0. The van der Waals surface area contributed by atoms with Gasteiger partial charge < -0.3 is 20.1 Å². The zero-order valence-electron chi connectivity index (χ0n) is 11.3. The summed E-state index contributed by atoms with van der Waals surface area (Å²) in [5.41, 5.74) is 5.80. The van der Waals surface area contributed by atoms with E-state index in [-0.39, 0.29) is 0 Å². The number of hydrogen-bond donors (Lipinski definition) is 1. The van der Waals surface area contributed by atoms with Gasteiger partial charge in [-0.3, -0.25) is 4.79 Å². The quantitative estimate of drug-likeness (QED) is 0.818. The van der Waals surface area contributed by atoms with E-state index in [1.165, 1.54) is 11.3 Å². The van der Waals surface area contributed by atoms with Crippen LogP contribution in [0.2, 0.25) is 5.15 Å². The zero-order valence-corrected chi connectivity index (χ0v) is 12.9. The number of thiazole rings is 1. The molecule has 0 radical (unpaired) electrons. The minimum Gasteiger partial charge on any atom is -0.465 e. The average molecular weight is 320 g/mol. The van der Waals surface area contributed by atoms with Crippen molar-refractivity contribution in [3.8, 4) is 0 Å². The van der Waals surface area contributed by atoms with E-state index in [2.05, 4.69) is 9.88 Å². The number of aromatic nitrogens is 1. The highest BCUT2D eigenvalue weighted by atomic mass is 35.5. The molecule has 0 aromatic carbocycles. The van der Waals surface area contributed by atoms with Crippen LogP contribution in [0.3, 0.4) is 0 Å². The van der Waals surface area contributed by atoms with E-state index in [1.54, 1.807) is 6.92 Å². The van der Waals surface area contributed by atoms with Crippen molar-refractivity contribution in [1.29, 1.82) is 0 Å². The summed E-state index contributed by atoms with van der Waals surface area (Å²) in [6, 6.07) is -0.703. The van der Waals surface area contributed by atoms with Crippen LogP contribution < -0.4 is 10.6 Å². The number of halogens is 1. The molecule has 112 valence electrons. The van der Waals surface area contributed by atoms with Crippen LogP contribution in [0.4, 0.5) is 5.13 Å². The third-order valence-corrected chi connectivity index (χ3v) is 4.48. The largest absolute Gasteiger partial charge is 0.465 e. The number of anilines is 1. The number of nitrogens with two attached hydrogens (primary N) is 1. The highest BCUT2D eigenvalue weighted by molar-refractivity contribution is 7.16. The van der Waals surface area contributed by atoms with Crippen LogP contribution in [0.5, 0.6) is 0 Å². The Bertz CT molecular complexity index is 463. The Balaban J connectivity index is 2.01. The van der Waals surface area contributed by atoms with E-state index >= 15 is 0 Å². The molecule has 1 fully saturated rings. The van der Waals surface area contributed by atoms with Gasteiger partial charge in [0.1, 0.15) is 11.2 Å². The molecule has 2 heterocycles. The van der Waals surface area contributed by atoms with Gasteiger partial charge in [-0.1, -0.05) is 11.6 Å². The first-order valence-electron chi connectivity index (χ1n) is 6.52. The molecule has 1 atom stereocenters. The van der Waals surface area contributed by atoms with Crippen LogP contribution >= 0.6 is 22.9 Å². The van der Waals surface area contributed by atoms with Crippen LogP contribution in [-0.2, 0) is 20.7 Å². The van der Waals surface area contributed by atoms with Gasteiger partial charge >= 0.3 is 5.97 Å². The Kier molecular flexibility index (Phi) is 5.59. The van der Waals surface area contributed by atoms with Crippen LogP contribution in [0.15, 0.2) is 0 Å². The Morgan fingerprint density at radius 1 is 1.60 bits per heavy atom. The summed E-state index contributed by atoms with van der Waals surface area (Å²) in [4.78, 5) is 18.8. The van der Waals surface area contributed by atoms with Crippen molar-refractivity contribution in [1.82, 2.24) is 4.98 Å². The molecule has 1 unspecified atom stereocenters. The molecule has 0 aliphatic carbocycles. The molecule has 0 bridgehead atoms. The number of esters is 1. The van der Waals surface area contributed by atoms with Gasteiger partial charge in [-0.2, -0.15) is 0 Å². The van der Waals surface area contributed by atoms with E-state index in [0.29, 0.717) is 31.4 Å². The molecule has 2 N–H and O–H groups in total. The number of hydrogen-bond acceptors (Lipinski definition) is 7. The lowest BCUT2D eigenvalue weighted by atomic mass is 10.2. The Morgan fingerprint density at radius 3 is 2.95 bits per heavy atom.